The molecule has 24 heavy (non-hydrogen) atoms. The summed E-state index contributed by atoms with van der Waals surface area (Å²) < 4.78 is 11.1. The maximum atomic E-state index is 11.8. The number of hydrogen-bond donors (Lipinski definition) is 1. The standard InChI is InChI=1S/C20H24O4/c1-4-23-18-11-10-15(12-14(18)3)17(20(21)22)13-16-8-6-7-9-19(16)24-5-2/h6-12,17H,4-5,13H2,1-3H3,(H,21,22). The minimum atomic E-state index is -0.843. The topological polar surface area (TPSA) is 55.8 Å². The van der Waals surface area contributed by atoms with Crippen LogP contribution >= 0.6 is 0 Å². The number of ether oxygens (including phenoxy) is 2. The number of para-hydroxylation sites is 1. The van der Waals surface area contributed by atoms with E-state index in [4.69, 9.17) is 9.47 Å². The van der Waals surface area contributed by atoms with Crippen molar-refractivity contribution in [2.24, 2.45) is 0 Å². The molecule has 4 nitrogen and oxygen atoms in total. The van der Waals surface area contributed by atoms with Gasteiger partial charge in [-0.05, 0) is 56.0 Å². The maximum absolute atomic E-state index is 11.8. The zero-order chi connectivity index (χ0) is 17.5. The molecule has 0 aliphatic carbocycles. The zero-order valence-electron chi connectivity index (χ0n) is 14.4. The fraction of sp³-hybridized carbons (Fsp3) is 0.350. The average Bonchev–Trinajstić information content (AvgIpc) is 2.56. The van der Waals surface area contributed by atoms with Crippen LogP contribution < -0.4 is 9.47 Å². The normalized spacial score (nSPS) is 11.8. The van der Waals surface area contributed by atoms with Gasteiger partial charge in [-0.3, -0.25) is 4.79 Å². The zero-order valence-corrected chi connectivity index (χ0v) is 14.4. The summed E-state index contributed by atoms with van der Waals surface area (Å²) in [5.74, 6) is 0.0693. The monoisotopic (exact) mass is 328 g/mol. The summed E-state index contributed by atoms with van der Waals surface area (Å²) in [4.78, 5) is 11.8. The number of hydrogen-bond acceptors (Lipinski definition) is 3. The van der Waals surface area contributed by atoms with E-state index in [1.807, 2.05) is 63.2 Å². The molecule has 0 aliphatic heterocycles. The molecule has 0 heterocycles. The number of aryl methyl sites for hydroxylation is 1. The van der Waals surface area contributed by atoms with Crippen LogP contribution in [0.1, 0.15) is 36.5 Å². The van der Waals surface area contributed by atoms with E-state index in [1.165, 1.54) is 0 Å². The number of rotatable bonds is 8. The third-order valence-corrected chi connectivity index (χ3v) is 3.90. The Hall–Kier alpha value is -2.49. The van der Waals surface area contributed by atoms with Gasteiger partial charge in [0.1, 0.15) is 11.5 Å². The van der Waals surface area contributed by atoms with Crippen LogP contribution in [0.5, 0.6) is 11.5 Å². The summed E-state index contributed by atoms with van der Waals surface area (Å²) >= 11 is 0. The first kappa shape index (κ1) is 17.9. The van der Waals surface area contributed by atoms with Crippen LogP contribution in [-0.2, 0) is 11.2 Å². The number of benzene rings is 2. The molecule has 1 unspecified atom stereocenters. The molecule has 0 aliphatic rings. The molecule has 0 saturated heterocycles. The first-order chi connectivity index (χ1) is 11.6. The number of aliphatic carboxylic acids is 1. The highest BCUT2D eigenvalue weighted by molar-refractivity contribution is 5.77. The van der Waals surface area contributed by atoms with Crippen molar-refractivity contribution in [3.63, 3.8) is 0 Å². The molecule has 0 spiro atoms. The Morgan fingerprint density at radius 2 is 1.71 bits per heavy atom. The number of carbonyl (C=O) groups is 1. The van der Waals surface area contributed by atoms with Crippen molar-refractivity contribution in [3.05, 3.63) is 59.2 Å². The number of carboxylic acid groups (broad SMARTS) is 1. The number of carboxylic acids is 1. The van der Waals surface area contributed by atoms with Gasteiger partial charge in [0.15, 0.2) is 0 Å². The first-order valence-corrected chi connectivity index (χ1v) is 8.23. The van der Waals surface area contributed by atoms with Gasteiger partial charge in [-0.25, -0.2) is 0 Å². The van der Waals surface area contributed by atoms with Crippen molar-refractivity contribution in [2.45, 2.75) is 33.1 Å². The van der Waals surface area contributed by atoms with Crippen molar-refractivity contribution < 1.29 is 19.4 Å². The molecule has 2 rings (SSSR count). The van der Waals surface area contributed by atoms with Crippen LogP contribution in [-0.4, -0.2) is 24.3 Å². The molecule has 0 amide bonds. The molecule has 0 fully saturated rings. The van der Waals surface area contributed by atoms with Crippen LogP contribution in [0.15, 0.2) is 42.5 Å². The molecule has 0 radical (unpaired) electrons. The van der Waals surface area contributed by atoms with Gasteiger partial charge in [-0.1, -0.05) is 30.3 Å². The minimum absolute atomic E-state index is 0.388. The maximum Gasteiger partial charge on any atom is 0.311 e. The van der Waals surface area contributed by atoms with Crippen LogP contribution in [0.25, 0.3) is 0 Å². The molecule has 1 atom stereocenters. The lowest BCUT2D eigenvalue weighted by atomic mass is 9.90. The molecule has 2 aromatic carbocycles. The Bertz CT molecular complexity index is 694. The molecular weight excluding hydrogens is 304 g/mol. The van der Waals surface area contributed by atoms with Gasteiger partial charge in [0.05, 0.1) is 19.1 Å². The lowest BCUT2D eigenvalue weighted by Crippen LogP contribution is -2.15. The van der Waals surface area contributed by atoms with Gasteiger partial charge in [-0.2, -0.15) is 0 Å². The van der Waals surface area contributed by atoms with Crippen molar-refractivity contribution >= 4 is 5.97 Å². The van der Waals surface area contributed by atoms with E-state index in [-0.39, 0.29) is 0 Å². The van der Waals surface area contributed by atoms with Crippen LogP contribution in [0.2, 0.25) is 0 Å². The molecule has 2 aromatic rings. The molecule has 0 bridgehead atoms. The SMILES string of the molecule is CCOc1ccc(C(Cc2ccccc2OCC)C(=O)O)cc1C. The van der Waals surface area contributed by atoms with Crippen LogP contribution in [0, 0.1) is 6.92 Å². The summed E-state index contributed by atoms with van der Waals surface area (Å²) in [5, 5.41) is 9.70. The van der Waals surface area contributed by atoms with E-state index in [0.717, 1.165) is 28.2 Å². The predicted molar refractivity (Wildman–Crippen MR) is 94.0 cm³/mol. The molecule has 0 aromatic heterocycles. The lowest BCUT2D eigenvalue weighted by Gasteiger charge is -2.17. The van der Waals surface area contributed by atoms with E-state index in [0.29, 0.717) is 19.6 Å². The molecule has 128 valence electrons. The summed E-state index contributed by atoms with van der Waals surface area (Å²) in [6.45, 7) is 6.92. The second-order valence-electron chi connectivity index (χ2n) is 5.59. The largest absolute Gasteiger partial charge is 0.494 e. The van der Waals surface area contributed by atoms with Gasteiger partial charge >= 0.3 is 5.97 Å². The van der Waals surface area contributed by atoms with E-state index in [2.05, 4.69) is 0 Å². The highest BCUT2D eigenvalue weighted by Gasteiger charge is 2.22. The first-order valence-electron chi connectivity index (χ1n) is 8.23. The Morgan fingerprint density at radius 3 is 2.33 bits per heavy atom. The quantitative estimate of drug-likeness (QED) is 0.789. The van der Waals surface area contributed by atoms with Gasteiger partial charge in [0.25, 0.3) is 0 Å². The fourth-order valence-corrected chi connectivity index (χ4v) is 2.74. The molecule has 0 saturated carbocycles. The predicted octanol–water partition coefficient (Wildman–Crippen LogP) is 4.20. The van der Waals surface area contributed by atoms with Crippen LogP contribution in [0.4, 0.5) is 0 Å². The van der Waals surface area contributed by atoms with E-state index < -0.39 is 11.9 Å². The fourth-order valence-electron chi connectivity index (χ4n) is 2.74. The average molecular weight is 328 g/mol. The summed E-state index contributed by atoms with van der Waals surface area (Å²) in [7, 11) is 0. The Balaban J connectivity index is 2.31. The minimum Gasteiger partial charge on any atom is -0.494 e. The highest BCUT2D eigenvalue weighted by atomic mass is 16.5. The second-order valence-corrected chi connectivity index (χ2v) is 5.59. The lowest BCUT2D eigenvalue weighted by molar-refractivity contribution is -0.138. The highest BCUT2D eigenvalue weighted by Crippen LogP contribution is 2.29. The third kappa shape index (κ3) is 4.28. The van der Waals surface area contributed by atoms with Gasteiger partial charge < -0.3 is 14.6 Å². The van der Waals surface area contributed by atoms with Crippen molar-refractivity contribution in [3.8, 4) is 11.5 Å². The van der Waals surface area contributed by atoms with E-state index in [1.54, 1.807) is 0 Å². The molecule has 1 N–H and O–H groups in total. The third-order valence-electron chi connectivity index (χ3n) is 3.90. The molecule has 4 heteroatoms. The van der Waals surface area contributed by atoms with Gasteiger partial charge in [0, 0.05) is 0 Å². The summed E-state index contributed by atoms with van der Waals surface area (Å²) in [5.41, 5.74) is 2.62. The summed E-state index contributed by atoms with van der Waals surface area (Å²) in [6, 6.07) is 13.2. The van der Waals surface area contributed by atoms with E-state index in [9.17, 15) is 9.90 Å². The van der Waals surface area contributed by atoms with Gasteiger partial charge in [-0.15, -0.1) is 0 Å². The van der Waals surface area contributed by atoms with Crippen LogP contribution in [0.3, 0.4) is 0 Å². The molecular formula is C20H24O4. The van der Waals surface area contributed by atoms with Crippen molar-refractivity contribution in [2.75, 3.05) is 13.2 Å². The van der Waals surface area contributed by atoms with Crippen molar-refractivity contribution in [1.82, 2.24) is 0 Å². The Kier molecular flexibility index (Phi) is 6.24. The van der Waals surface area contributed by atoms with E-state index >= 15 is 0 Å². The van der Waals surface area contributed by atoms with Gasteiger partial charge in [0.2, 0.25) is 0 Å². The van der Waals surface area contributed by atoms with Crippen molar-refractivity contribution in [1.29, 1.82) is 0 Å². The smallest absolute Gasteiger partial charge is 0.311 e. The Labute approximate surface area is 143 Å². The summed E-state index contributed by atoms with van der Waals surface area (Å²) in [6.07, 6.45) is 0.388. The second kappa shape index (κ2) is 8.39. The Morgan fingerprint density at radius 1 is 1.04 bits per heavy atom.